The zero-order valence-corrected chi connectivity index (χ0v) is 12.2. The number of rotatable bonds is 3. The largest absolute Gasteiger partial charge is 0.497 e. The summed E-state index contributed by atoms with van der Waals surface area (Å²) in [5.74, 6) is 0.738. The molecule has 0 spiro atoms. The van der Waals surface area contributed by atoms with E-state index in [4.69, 9.17) is 27.9 Å². The average Bonchev–Trinajstić information content (AvgIpc) is 2.47. The summed E-state index contributed by atoms with van der Waals surface area (Å²) in [6.45, 7) is 0. The predicted molar refractivity (Wildman–Crippen MR) is 82.9 cm³/mol. The third kappa shape index (κ3) is 3.14. The highest BCUT2D eigenvalue weighted by molar-refractivity contribution is 6.37. The summed E-state index contributed by atoms with van der Waals surface area (Å²) in [6.07, 6.45) is 1.69. The molecule has 0 aromatic heterocycles. The van der Waals surface area contributed by atoms with Crippen molar-refractivity contribution in [2.45, 2.75) is 0 Å². The van der Waals surface area contributed by atoms with Crippen LogP contribution in [0.5, 0.6) is 5.75 Å². The molecule has 0 unspecified atom stereocenters. The standard InChI is InChI=1S/C16H11Cl2NO/c1-20-13-7-5-11(6-8-13)12(10-19)9-14-15(17)3-2-4-16(14)18/h2-9H,1H3/b12-9+. The second kappa shape index (κ2) is 6.47. The first-order chi connectivity index (χ1) is 9.65. The molecule has 20 heavy (non-hydrogen) atoms. The van der Waals surface area contributed by atoms with Crippen LogP contribution in [0.15, 0.2) is 42.5 Å². The van der Waals surface area contributed by atoms with Crippen LogP contribution in [0.2, 0.25) is 10.0 Å². The number of methoxy groups -OCH3 is 1. The molecule has 2 rings (SSSR count). The Labute approximate surface area is 127 Å². The van der Waals surface area contributed by atoms with E-state index in [2.05, 4.69) is 6.07 Å². The van der Waals surface area contributed by atoms with Crippen molar-refractivity contribution in [3.05, 3.63) is 63.6 Å². The minimum atomic E-state index is 0.489. The van der Waals surface area contributed by atoms with Gasteiger partial charge in [0.15, 0.2) is 0 Å². The van der Waals surface area contributed by atoms with Crippen molar-refractivity contribution in [2.75, 3.05) is 7.11 Å². The maximum absolute atomic E-state index is 9.31. The molecule has 0 atom stereocenters. The SMILES string of the molecule is COc1ccc(/C(C#N)=C/c2c(Cl)cccc2Cl)cc1. The van der Waals surface area contributed by atoms with Gasteiger partial charge in [0.1, 0.15) is 5.75 Å². The minimum absolute atomic E-state index is 0.489. The van der Waals surface area contributed by atoms with Crippen LogP contribution >= 0.6 is 23.2 Å². The van der Waals surface area contributed by atoms with Gasteiger partial charge in [0.2, 0.25) is 0 Å². The lowest BCUT2D eigenvalue weighted by molar-refractivity contribution is 0.415. The van der Waals surface area contributed by atoms with Crippen LogP contribution in [0.1, 0.15) is 11.1 Å². The maximum Gasteiger partial charge on any atom is 0.118 e. The lowest BCUT2D eigenvalue weighted by Crippen LogP contribution is -1.86. The number of nitrogens with zero attached hydrogens (tertiary/aromatic N) is 1. The minimum Gasteiger partial charge on any atom is -0.497 e. The zero-order valence-electron chi connectivity index (χ0n) is 10.7. The van der Waals surface area contributed by atoms with Crippen molar-refractivity contribution < 1.29 is 4.74 Å². The van der Waals surface area contributed by atoms with Crippen molar-refractivity contribution in [3.63, 3.8) is 0 Å². The molecule has 100 valence electrons. The molecule has 0 amide bonds. The number of nitriles is 1. The highest BCUT2D eigenvalue weighted by atomic mass is 35.5. The summed E-state index contributed by atoms with van der Waals surface area (Å²) in [6, 6.07) is 14.6. The van der Waals surface area contributed by atoms with Crippen molar-refractivity contribution in [1.82, 2.24) is 0 Å². The van der Waals surface area contributed by atoms with E-state index in [1.54, 1.807) is 43.5 Å². The van der Waals surface area contributed by atoms with Gasteiger partial charge in [-0.2, -0.15) is 5.26 Å². The highest BCUT2D eigenvalue weighted by Gasteiger charge is 2.06. The number of ether oxygens (including phenoxy) is 1. The molecular formula is C16H11Cl2NO. The Morgan fingerprint density at radius 2 is 1.70 bits per heavy atom. The third-order valence-corrected chi connectivity index (χ3v) is 3.47. The monoisotopic (exact) mass is 303 g/mol. The first-order valence-electron chi connectivity index (χ1n) is 5.86. The number of halogens is 2. The molecule has 0 aliphatic rings. The van der Waals surface area contributed by atoms with E-state index in [0.717, 1.165) is 11.3 Å². The molecule has 2 nitrogen and oxygen atoms in total. The molecule has 0 N–H and O–H groups in total. The normalized spacial score (nSPS) is 11.0. The van der Waals surface area contributed by atoms with Gasteiger partial charge >= 0.3 is 0 Å². The van der Waals surface area contributed by atoms with Crippen LogP contribution in [0, 0.1) is 11.3 Å². The van der Waals surface area contributed by atoms with Crippen molar-refractivity contribution >= 4 is 34.9 Å². The van der Waals surface area contributed by atoms with Gasteiger partial charge in [-0.05, 0) is 48.0 Å². The summed E-state index contributed by atoms with van der Waals surface area (Å²) in [4.78, 5) is 0. The lowest BCUT2D eigenvalue weighted by atomic mass is 10.0. The number of allylic oxidation sites excluding steroid dienone is 1. The molecule has 0 saturated carbocycles. The molecule has 0 heterocycles. The van der Waals surface area contributed by atoms with E-state index in [1.807, 2.05) is 12.1 Å². The van der Waals surface area contributed by atoms with Gasteiger partial charge in [0.25, 0.3) is 0 Å². The molecule has 2 aromatic carbocycles. The van der Waals surface area contributed by atoms with Crippen LogP contribution in [0.3, 0.4) is 0 Å². The van der Waals surface area contributed by atoms with E-state index >= 15 is 0 Å². The zero-order chi connectivity index (χ0) is 14.5. The maximum atomic E-state index is 9.31. The summed E-state index contributed by atoms with van der Waals surface area (Å²) in [5, 5.41) is 10.3. The van der Waals surface area contributed by atoms with E-state index in [-0.39, 0.29) is 0 Å². The number of hydrogen-bond donors (Lipinski definition) is 0. The van der Waals surface area contributed by atoms with Gasteiger partial charge in [0.05, 0.1) is 18.8 Å². The third-order valence-electron chi connectivity index (χ3n) is 2.81. The molecule has 2 aromatic rings. The van der Waals surface area contributed by atoms with E-state index in [9.17, 15) is 5.26 Å². The molecule has 0 aliphatic heterocycles. The first-order valence-corrected chi connectivity index (χ1v) is 6.61. The molecule has 0 aliphatic carbocycles. The Balaban J connectivity index is 2.46. The van der Waals surface area contributed by atoms with Gasteiger partial charge in [-0.25, -0.2) is 0 Å². The first kappa shape index (κ1) is 14.5. The summed E-state index contributed by atoms with van der Waals surface area (Å²) in [5.41, 5.74) is 1.91. The second-order valence-corrected chi connectivity index (χ2v) is 4.85. The quantitative estimate of drug-likeness (QED) is 0.586. The van der Waals surface area contributed by atoms with E-state index in [1.165, 1.54) is 0 Å². The fourth-order valence-corrected chi connectivity index (χ4v) is 2.25. The van der Waals surface area contributed by atoms with Gasteiger partial charge in [0, 0.05) is 15.6 Å². The van der Waals surface area contributed by atoms with Crippen LogP contribution in [0.25, 0.3) is 11.6 Å². The molecular weight excluding hydrogens is 293 g/mol. The van der Waals surface area contributed by atoms with Crippen molar-refractivity contribution in [3.8, 4) is 11.8 Å². The molecule has 0 saturated heterocycles. The van der Waals surface area contributed by atoms with Crippen molar-refractivity contribution in [2.24, 2.45) is 0 Å². The smallest absolute Gasteiger partial charge is 0.118 e. The molecule has 0 bridgehead atoms. The number of benzene rings is 2. The highest BCUT2D eigenvalue weighted by Crippen LogP contribution is 2.29. The molecule has 0 radical (unpaired) electrons. The second-order valence-electron chi connectivity index (χ2n) is 4.03. The summed E-state index contributed by atoms with van der Waals surface area (Å²) < 4.78 is 5.09. The molecule has 4 heteroatoms. The predicted octanol–water partition coefficient (Wildman–Crippen LogP) is 5.07. The Morgan fingerprint density at radius 3 is 2.20 bits per heavy atom. The van der Waals surface area contributed by atoms with Crippen LogP contribution in [0.4, 0.5) is 0 Å². The van der Waals surface area contributed by atoms with Crippen LogP contribution in [-0.4, -0.2) is 7.11 Å². The van der Waals surface area contributed by atoms with E-state index < -0.39 is 0 Å². The summed E-state index contributed by atoms with van der Waals surface area (Å²) in [7, 11) is 1.60. The van der Waals surface area contributed by atoms with Crippen LogP contribution in [-0.2, 0) is 0 Å². The van der Waals surface area contributed by atoms with Gasteiger partial charge in [-0.15, -0.1) is 0 Å². The topological polar surface area (TPSA) is 33.0 Å². The van der Waals surface area contributed by atoms with E-state index in [0.29, 0.717) is 21.2 Å². The van der Waals surface area contributed by atoms with Gasteiger partial charge in [-0.3, -0.25) is 0 Å². The fourth-order valence-electron chi connectivity index (χ4n) is 1.74. The fraction of sp³-hybridized carbons (Fsp3) is 0.0625. The average molecular weight is 304 g/mol. The Bertz CT molecular complexity index is 664. The Morgan fingerprint density at radius 1 is 1.10 bits per heavy atom. The molecule has 0 fully saturated rings. The van der Waals surface area contributed by atoms with Gasteiger partial charge < -0.3 is 4.74 Å². The Hall–Kier alpha value is -1.95. The van der Waals surface area contributed by atoms with Crippen LogP contribution < -0.4 is 4.74 Å². The van der Waals surface area contributed by atoms with Gasteiger partial charge in [-0.1, -0.05) is 29.3 Å². The Kier molecular flexibility index (Phi) is 4.68. The van der Waals surface area contributed by atoms with Crippen molar-refractivity contribution in [1.29, 1.82) is 5.26 Å². The summed E-state index contributed by atoms with van der Waals surface area (Å²) >= 11 is 12.2. The lowest BCUT2D eigenvalue weighted by Gasteiger charge is -2.05. The number of hydrogen-bond acceptors (Lipinski definition) is 2.